The number of fused-ring (bicyclic) bond motifs is 2. The van der Waals surface area contributed by atoms with E-state index in [0.29, 0.717) is 12.1 Å². The van der Waals surface area contributed by atoms with Gasteiger partial charge in [0.1, 0.15) is 0 Å². The van der Waals surface area contributed by atoms with Gasteiger partial charge in [0.25, 0.3) is 0 Å². The molecule has 3 nitrogen and oxygen atoms in total. The SMILES string of the molecule is Cc1cc(I)ccc1NC(=O)C1CC2CCC1N2. The molecule has 2 N–H and O–H groups in total. The minimum Gasteiger partial charge on any atom is -0.326 e. The van der Waals surface area contributed by atoms with Crippen LogP contribution in [0.2, 0.25) is 0 Å². The van der Waals surface area contributed by atoms with Crippen molar-refractivity contribution < 1.29 is 4.79 Å². The van der Waals surface area contributed by atoms with E-state index in [9.17, 15) is 4.79 Å². The number of hydrogen-bond donors (Lipinski definition) is 2. The summed E-state index contributed by atoms with van der Waals surface area (Å²) in [6.45, 7) is 2.04. The maximum absolute atomic E-state index is 12.3. The molecule has 2 saturated heterocycles. The van der Waals surface area contributed by atoms with Crippen LogP contribution < -0.4 is 10.6 Å². The second-order valence-electron chi connectivity index (χ2n) is 5.34. The van der Waals surface area contributed by atoms with Crippen molar-refractivity contribution in [3.05, 3.63) is 27.3 Å². The number of amides is 1. The van der Waals surface area contributed by atoms with Gasteiger partial charge >= 0.3 is 0 Å². The standard InChI is InChI=1S/C14H17IN2O/c1-8-6-9(15)2-4-12(8)17-14(18)11-7-10-3-5-13(11)16-10/h2,4,6,10-11,13,16H,3,5,7H2,1H3,(H,17,18). The van der Waals surface area contributed by atoms with Crippen LogP contribution in [-0.2, 0) is 4.79 Å². The maximum Gasteiger partial charge on any atom is 0.229 e. The number of anilines is 1. The van der Waals surface area contributed by atoms with E-state index in [1.54, 1.807) is 0 Å². The first-order valence-corrected chi connectivity index (χ1v) is 7.54. The Morgan fingerprint density at radius 3 is 2.89 bits per heavy atom. The zero-order chi connectivity index (χ0) is 12.7. The Kier molecular flexibility index (Phi) is 3.32. The first-order chi connectivity index (χ1) is 8.63. The quantitative estimate of drug-likeness (QED) is 0.800. The minimum atomic E-state index is 0.155. The predicted octanol–water partition coefficient (Wildman–Crippen LogP) is 2.68. The van der Waals surface area contributed by atoms with Gasteiger partial charge in [-0.3, -0.25) is 4.79 Å². The van der Waals surface area contributed by atoms with Crippen molar-refractivity contribution in [2.75, 3.05) is 5.32 Å². The van der Waals surface area contributed by atoms with Crippen LogP contribution in [-0.4, -0.2) is 18.0 Å². The zero-order valence-electron chi connectivity index (χ0n) is 10.4. The molecule has 1 aromatic rings. The summed E-state index contributed by atoms with van der Waals surface area (Å²) in [7, 11) is 0. The van der Waals surface area contributed by atoms with E-state index < -0.39 is 0 Å². The highest BCUT2D eigenvalue weighted by molar-refractivity contribution is 14.1. The summed E-state index contributed by atoms with van der Waals surface area (Å²) < 4.78 is 1.20. The van der Waals surface area contributed by atoms with Gasteiger partial charge in [-0.25, -0.2) is 0 Å². The summed E-state index contributed by atoms with van der Waals surface area (Å²) in [5.74, 6) is 0.335. The Hall–Kier alpha value is -0.620. The van der Waals surface area contributed by atoms with Gasteiger partial charge in [-0.1, -0.05) is 0 Å². The number of hydrogen-bond acceptors (Lipinski definition) is 2. The number of aryl methyl sites for hydroxylation is 1. The van der Waals surface area contributed by atoms with Crippen molar-refractivity contribution >= 4 is 34.2 Å². The predicted molar refractivity (Wildman–Crippen MR) is 80.6 cm³/mol. The third-order valence-electron chi connectivity index (χ3n) is 4.08. The molecule has 3 unspecified atom stereocenters. The number of benzene rings is 1. The van der Waals surface area contributed by atoms with E-state index in [4.69, 9.17) is 0 Å². The fourth-order valence-electron chi connectivity index (χ4n) is 3.11. The van der Waals surface area contributed by atoms with Crippen LogP contribution in [0.4, 0.5) is 5.69 Å². The van der Waals surface area contributed by atoms with Gasteiger partial charge in [-0.05, 0) is 72.5 Å². The van der Waals surface area contributed by atoms with Crippen LogP contribution >= 0.6 is 22.6 Å². The van der Waals surface area contributed by atoms with Gasteiger partial charge in [0.2, 0.25) is 5.91 Å². The minimum absolute atomic E-state index is 0.155. The van der Waals surface area contributed by atoms with E-state index in [1.807, 2.05) is 19.1 Å². The van der Waals surface area contributed by atoms with E-state index in [-0.39, 0.29) is 11.8 Å². The molecular formula is C14H17IN2O. The van der Waals surface area contributed by atoms with Crippen molar-refractivity contribution in [2.45, 2.75) is 38.3 Å². The summed E-state index contributed by atoms with van der Waals surface area (Å²) in [5, 5.41) is 6.59. The Morgan fingerprint density at radius 2 is 2.28 bits per heavy atom. The average Bonchev–Trinajstić information content (AvgIpc) is 2.94. The van der Waals surface area contributed by atoms with Crippen LogP contribution in [0.15, 0.2) is 18.2 Å². The molecule has 4 heteroatoms. The highest BCUT2D eigenvalue weighted by Crippen LogP contribution is 2.34. The number of halogens is 1. The highest BCUT2D eigenvalue weighted by atomic mass is 127. The Morgan fingerprint density at radius 1 is 1.44 bits per heavy atom. The van der Waals surface area contributed by atoms with Crippen molar-refractivity contribution in [1.29, 1.82) is 0 Å². The molecule has 2 fully saturated rings. The molecule has 18 heavy (non-hydrogen) atoms. The fourth-order valence-corrected chi connectivity index (χ4v) is 3.75. The summed E-state index contributed by atoms with van der Waals surface area (Å²) in [6, 6.07) is 7.09. The first kappa shape index (κ1) is 12.4. The molecule has 0 aliphatic carbocycles. The van der Waals surface area contributed by atoms with E-state index in [1.165, 1.54) is 9.99 Å². The van der Waals surface area contributed by atoms with E-state index >= 15 is 0 Å². The lowest BCUT2D eigenvalue weighted by Gasteiger charge is -2.20. The molecule has 1 aromatic carbocycles. The van der Waals surface area contributed by atoms with Gasteiger partial charge in [-0.2, -0.15) is 0 Å². The molecule has 0 spiro atoms. The number of rotatable bonds is 2. The topological polar surface area (TPSA) is 41.1 Å². The molecule has 1 amide bonds. The second kappa shape index (κ2) is 4.81. The van der Waals surface area contributed by atoms with E-state index in [2.05, 4.69) is 39.3 Å². The van der Waals surface area contributed by atoms with Crippen molar-refractivity contribution in [2.24, 2.45) is 5.92 Å². The smallest absolute Gasteiger partial charge is 0.229 e. The lowest BCUT2D eigenvalue weighted by Crippen LogP contribution is -2.33. The molecule has 0 radical (unpaired) electrons. The van der Waals surface area contributed by atoms with Crippen LogP contribution in [0.25, 0.3) is 0 Å². The molecule has 0 saturated carbocycles. The average molecular weight is 356 g/mol. The Labute approximate surface area is 121 Å². The third-order valence-corrected chi connectivity index (χ3v) is 4.75. The van der Waals surface area contributed by atoms with E-state index in [0.717, 1.165) is 24.1 Å². The Bertz CT molecular complexity index is 489. The monoisotopic (exact) mass is 356 g/mol. The molecule has 96 valence electrons. The van der Waals surface area contributed by atoms with Crippen molar-refractivity contribution in [3.63, 3.8) is 0 Å². The fraction of sp³-hybridized carbons (Fsp3) is 0.500. The summed E-state index contributed by atoms with van der Waals surface area (Å²) in [4.78, 5) is 12.3. The van der Waals surface area contributed by atoms with Crippen LogP contribution in [0, 0.1) is 16.4 Å². The van der Waals surface area contributed by atoms with Gasteiger partial charge in [0, 0.05) is 21.3 Å². The van der Waals surface area contributed by atoms with Crippen LogP contribution in [0.5, 0.6) is 0 Å². The summed E-state index contributed by atoms with van der Waals surface area (Å²) >= 11 is 2.29. The van der Waals surface area contributed by atoms with Gasteiger partial charge in [0.15, 0.2) is 0 Å². The molecule has 3 rings (SSSR count). The number of nitrogens with one attached hydrogen (secondary N) is 2. The van der Waals surface area contributed by atoms with Gasteiger partial charge in [-0.15, -0.1) is 0 Å². The first-order valence-electron chi connectivity index (χ1n) is 6.46. The number of carbonyl (C=O) groups excluding carboxylic acids is 1. The van der Waals surface area contributed by atoms with Crippen LogP contribution in [0.1, 0.15) is 24.8 Å². The van der Waals surface area contributed by atoms with Crippen LogP contribution in [0.3, 0.4) is 0 Å². The van der Waals surface area contributed by atoms with Gasteiger partial charge < -0.3 is 10.6 Å². The van der Waals surface area contributed by atoms with Crippen molar-refractivity contribution in [1.82, 2.24) is 5.32 Å². The molecular weight excluding hydrogens is 339 g/mol. The van der Waals surface area contributed by atoms with Crippen molar-refractivity contribution in [3.8, 4) is 0 Å². The zero-order valence-corrected chi connectivity index (χ0v) is 12.5. The molecule has 0 aromatic heterocycles. The Balaban J connectivity index is 1.71. The lowest BCUT2D eigenvalue weighted by atomic mass is 9.88. The largest absolute Gasteiger partial charge is 0.326 e. The second-order valence-corrected chi connectivity index (χ2v) is 6.58. The summed E-state index contributed by atoms with van der Waals surface area (Å²) in [6.07, 6.45) is 3.38. The molecule has 3 atom stereocenters. The third kappa shape index (κ3) is 2.28. The molecule has 2 heterocycles. The molecule has 2 aliphatic heterocycles. The maximum atomic E-state index is 12.3. The summed E-state index contributed by atoms with van der Waals surface area (Å²) in [5.41, 5.74) is 2.08. The highest BCUT2D eigenvalue weighted by Gasteiger charge is 2.42. The number of carbonyl (C=O) groups is 1. The lowest BCUT2D eigenvalue weighted by molar-refractivity contribution is -0.120. The molecule has 2 aliphatic rings. The normalized spacial score (nSPS) is 29.6. The molecule has 2 bridgehead atoms. The van der Waals surface area contributed by atoms with Gasteiger partial charge in [0.05, 0.1) is 5.92 Å².